The molecule has 1 aromatic carbocycles. The van der Waals surface area contributed by atoms with E-state index in [0.29, 0.717) is 12.1 Å². The molecule has 1 aromatic rings. The Morgan fingerprint density at radius 2 is 1.82 bits per heavy atom. The topological polar surface area (TPSA) is 78.5 Å². The SMILES string of the molecule is Cc1cccc(NC(=O)CNC(=O)CN(C(=O)CC(C)C)C2CCCCC2)c1. The van der Waals surface area contributed by atoms with Gasteiger partial charge in [0, 0.05) is 18.2 Å². The van der Waals surface area contributed by atoms with Gasteiger partial charge in [-0.1, -0.05) is 45.2 Å². The summed E-state index contributed by atoms with van der Waals surface area (Å²) < 4.78 is 0. The zero-order valence-electron chi connectivity index (χ0n) is 17.3. The second-order valence-electron chi connectivity index (χ2n) is 8.11. The number of benzene rings is 1. The van der Waals surface area contributed by atoms with Crippen LogP contribution in [0.15, 0.2) is 24.3 Å². The van der Waals surface area contributed by atoms with Gasteiger partial charge in [-0.3, -0.25) is 14.4 Å². The zero-order valence-corrected chi connectivity index (χ0v) is 17.3. The molecule has 28 heavy (non-hydrogen) atoms. The van der Waals surface area contributed by atoms with Crippen molar-refractivity contribution in [2.45, 2.75) is 65.3 Å². The summed E-state index contributed by atoms with van der Waals surface area (Å²) in [6.45, 7) is 5.88. The highest BCUT2D eigenvalue weighted by molar-refractivity contribution is 5.95. The van der Waals surface area contributed by atoms with Crippen LogP contribution in [0.3, 0.4) is 0 Å². The molecule has 0 unspecified atom stereocenters. The fourth-order valence-electron chi connectivity index (χ4n) is 3.60. The van der Waals surface area contributed by atoms with Gasteiger partial charge in [-0.15, -0.1) is 0 Å². The highest BCUT2D eigenvalue weighted by Crippen LogP contribution is 2.23. The number of hydrogen-bond acceptors (Lipinski definition) is 3. The van der Waals surface area contributed by atoms with Crippen LogP contribution in [-0.2, 0) is 14.4 Å². The van der Waals surface area contributed by atoms with E-state index in [1.165, 1.54) is 6.42 Å². The largest absolute Gasteiger partial charge is 0.345 e. The van der Waals surface area contributed by atoms with E-state index in [1.54, 1.807) is 4.90 Å². The Morgan fingerprint density at radius 1 is 1.11 bits per heavy atom. The quantitative estimate of drug-likeness (QED) is 0.719. The Hall–Kier alpha value is -2.37. The third-order valence-corrected chi connectivity index (χ3v) is 4.98. The summed E-state index contributed by atoms with van der Waals surface area (Å²) in [5.74, 6) is -0.290. The molecule has 1 saturated carbocycles. The third-order valence-electron chi connectivity index (χ3n) is 4.98. The number of amides is 3. The number of nitrogens with zero attached hydrogens (tertiary/aromatic N) is 1. The molecule has 3 amide bonds. The van der Waals surface area contributed by atoms with Crippen LogP contribution in [0, 0.1) is 12.8 Å². The summed E-state index contributed by atoms with van der Waals surface area (Å²) in [5.41, 5.74) is 1.75. The molecule has 0 aliphatic heterocycles. The average Bonchev–Trinajstić information content (AvgIpc) is 2.64. The van der Waals surface area contributed by atoms with Gasteiger partial charge in [0.05, 0.1) is 13.1 Å². The van der Waals surface area contributed by atoms with E-state index in [-0.39, 0.29) is 42.8 Å². The molecule has 0 heterocycles. The highest BCUT2D eigenvalue weighted by atomic mass is 16.2. The van der Waals surface area contributed by atoms with Crippen molar-refractivity contribution in [3.8, 4) is 0 Å². The maximum Gasteiger partial charge on any atom is 0.243 e. The summed E-state index contributed by atoms with van der Waals surface area (Å²) in [6, 6.07) is 7.63. The molecule has 1 aliphatic carbocycles. The number of rotatable bonds is 8. The molecule has 1 fully saturated rings. The summed E-state index contributed by atoms with van der Waals surface area (Å²) in [5, 5.41) is 5.42. The monoisotopic (exact) mass is 387 g/mol. The van der Waals surface area contributed by atoms with Crippen molar-refractivity contribution in [3.05, 3.63) is 29.8 Å². The minimum atomic E-state index is -0.290. The van der Waals surface area contributed by atoms with Crippen molar-refractivity contribution in [2.75, 3.05) is 18.4 Å². The standard InChI is InChI=1S/C22H33N3O3/c1-16(2)12-22(28)25(19-10-5-4-6-11-19)15-21(27)23-14-20(26)24-18-9-7-8-17(3)13-18/h7-9,13,16,19H,4-6,10-12,14-15H2,1-3H3,(H,23,27)(H,24,26). The fraction of sp³-hybridized carbons (Fsp3) is 0.591. The first-order valence-electron chi connectivity index (χ1n) is 10.3. The summed E-state index contributed by atoms with van der Waals surface area (Å²) >= 11 is 0. The van der Waals surface area contributed by atoms with Gasteiger partial charge < -0.3 is 15.5 Å². The van der Waals surface area contributed by atoms with Crippen LogP contribution in [0.25, 0.3) is 0 Å². The van der Waals surface area contributed by atoms with Crippen LogP contribution in [0.2, 0.25) is 0 Å². The lowest BCUT2D eigenvalue weighted by Gasteiger charge is -2.34. The molecule has 2 rings (SSSR count). The number of anilines is 1. The normalized spacial score (nSPS) is 14.6. The van der Waals surface area contributed by atoms with Crippen LogP contribution in [0.5, 0.6) is 0 Å². The lowest BCUT2D eigenvalue weighted by molar-refractivity contribution is -0.139. The van der Waals surface area contributed by atoms with Crippen LogP contribution >= 0.6 is 0 Å². The van der Waals surface area contributed by atoms with E-state index < -0.39 is 0 Å². The number of aryl methyl sites for hydroxylation is 1. The molecule has 6 nitrogen and oxygen atoms in total. The van der Waals surface area contributed by atoms with Crippen molar-refractivity contribution in [1.82, 2.24) is 10.2 Å². The molecule has 0 aromatic heterocycles. The minimum absolute atomic E-state index is 0.0218. The molecule has 0 atom stereocenters. The van der Waals surface area contributed by atoms with Gasteiger partial charge in [-0.05, 0) is 43.4 Å². The molecular formula is C22H33N3O3. The highest BCUT2D eigenvalue weighted by Gasteiger charge is 2.27. The zero-order chi connectivity index (χ0) is 20.5. The Bertz CT molecular complexity index is 681. The van der Waals surface area contributed by atoms with Crippen molar-refractivity contribution in [2.24, 2.45) is 5.92 Å². The van der Waals surface area contributed by atoms with Crippen molar-refractivity contribution in [1.29, 1.82) is 0 Å². The Morgan fingerprint density at radius 3 is 2.46 bits per heavy atom. The van der Waals surface area contributed by atoms with E-state index in [4.69, 9.17) is 0 Å². The minimum Gasteiger partial charge on any atom is -0.345 e. The predicted molar refractivity (Wildman–Crippen MR) is 111 cm³/mol. The van der Waals surface area contributed by atoms with Gasteiger partial charge in [0.2, 0.25) is 17.7 Å². The van der Waals surface area contributed by atoms with Gasteiger partial charge in [-0.25, -0.2) is 0 Å². The van der Waals surface area contributed by atoms with Gasteiger partial charge in [0.15, 0.2) is 0 Å². The Balaban J connectivity index is 1.87. The number of hydrogen-bond donors (Lipinski definition) is 2. The number of nitrogens with one attached hydrogen (secondary N) is 2. The summed E-state index contributed by atoms with van der Waals surface area (Å²) in [7, 11) is 0. The summed E-state index contributed by atoms with van der Waals surface area (Å²) in [6.07, 6.45) is 5.72. The van der Waals surface area contributed by atoms with Crippen molar-refractivity contribution < 1.29 is 14.4 Å². The summed E-state index contributed by atoms with van der Waals surface area (Å²) in [4.78, 5) is 38.9. The van der Waals surface area contributed by atoms with E-state index in [0.717, 1.165) is 31.2 Å². The van der Waals surface area contributed by atoms with Crippen LogP contribution in [0.1, 0.15) is 57.9 Å². The second-order valence-corrected chi connectivity index (χ2v) is 8.11. The molecular weight excluding hydrogens is 354 g/mol. The maximum absolute atomic E-state index is 12.7. The second kappa shape index (κ2) is 10.8. The lowest BCUT2D eigenvalue weighted by atomic mass is 9.93. The smallest absolute Gasteiger partial charge is 0.243 e. The molecule has 0 bridgehead atoms. The van der Waals surface area contributed by atoms with Crippen LogP contribution < -0.4 is 10.6 Å². The first-order valence-corrected chi connectivity index (χ1v) is 10.3. The fourth-order valence-corrected chi connectivity index (χ4v) is 3.60. The molecule has 154 valence electrons. The van der Waals surface area contributed by atoms with Gasteiger partial charge in [0.25, 0.3) is 0 Å². The third kappa shape index (κ3) is 7.33. The van der Waals surface area contributed by atoms with E-state index in [2.05, 4.69) is 10.6 Å². The van der Waals surface area contributed by atoms with Gasteiger partial charge in [0.1, 0.15) is 0 Å². The van der Waals surface area contributed by atoms with Crippen molar-refractivity contribution >= 4 is 23.4 Å². The van der Waals surface area contributed by atoms with Gasteiger partial charge in [-0.2, -0.15) is 0 Å². The van der Waals surface area contributed by atoms with E-state index in [1.807, 2.05) is 45.0 Å². The van der Waals surface area contributed by atoms with Gasteiger partial charge >= 0.3 is 0 Å². The maximum atomic E-state index is 12.7. The Labute approximate surface area is 168 Å². The van der Waals surface area contributed by atoms with Crippen LogP contribution in [0.4, 0.5) is 5.69 Å². The first-order chi connectivity index (χ1) is 13.3. The molecule has 1 aliphatic rings. The molecule has 0 spiro atoms. The predicted octanol–water partition coefficient (Wildman–Crippen LogP) is 3.26. The number of carbonyl (C=O) groups is 3. The molecule has 0 radical (unpaired) electrons. The molecule has 6 heteroatoms. The number of carbonyl (C=O) groups excluding carboxylic acids is 3. The molecule has 2 N–H and O–H groups in total. The van der Waals surface area contributed by atoms with Crippen molar-refractivity contribution in [3.63, 3.8) is 0 Å². The van der Waals surface area contributed by atoms with Crippen LogP contribution in [-0.4, -0.2) is 41.8 Å². The van der Waals surface area contributed by atoms with E-state index in [9.17, 15) is 14.4 Å². The van der Waals surface area contributed by atoms with E-state index >= 15 is 0 Å². The first kappa shape index (κ1) is 21.9. The average molecular weight is 388 g/mol. The Kier molecular flexibility index (Phi) is 8.48. The lowest BCUT2D eigenvalue weighted by Crippen LogP contribution is -2.48. The molecule has 0 saturated heterocycles.